The number of nitrogens with one attached hydrogen (secondary N) is 2. The van der Waals surface area contributed by atoms with Crippen molar-refractivity contribution < 1.29 is 9.53 Å². The van der Waals surface area contributed by atoms with E-state index < -0.39 is 11.5 Å². The zero-order valence-electron chi connectivity index (χ0n) is 12.1. The van der Waals surface area contributed by atoms with E-state index in [0.29, 0.717) is 0 Å². The van der Waals surface area contributed by atoms with Gasteiger partial charge < -0.3 is 4.74 Å². The molecule has 2 N–H and O–H groups in total. The monoisotopic (exact) mass is 312 g/mol. The number of H-pyrrole nitrogens is 1. The third-order valence-corrected chi connectivity index (χ3v) is 3.05. The molecule has 3 aromatic rings. The Kier molecular flexibility index (Phi) is 3.83. The summed E-state index contributed by atoms with van der Waals surface area (Å²) < 4.78 is 6.12. The van der Waals surface area contributed by atoms with E-state index >= 15 is 0 Å². The van der Waals surface area contributed by atoms with Crippen molar-refractivity contribution >= 4 is 17.9 Å². The van der Waals surface area contributed by atoms with E-state index in [1.54, 1.807) is 31.4 Å². The Hall–Kier alpha value is -3.49. The van der Waals surface area contributed by atoms with Crippen molar-refractivity contribution in [1.29, 1.82) is 0 Å². The molecule has 0 aliphatic rings. The largest absolute Gasteiger partial charge is 0.497 e. The molecule has 9 nitrogen and oxygen atoms in total. The lowest BCUT2D eigenvalue weighted by Gasteiger charge is -2.00. The molecule has 0 saturated carbocycles. The van der Waals surface area contributed by atoms with E-state index in [4.69, 9.17) is 4.74 Å². The van der Waals surface area contributed by atoms with Crippen LogP contribution in [0.15, 0.2) is 46.7 Å². The first-order valence-corrected chi connectivity index (χ1v) is 6.57. The molecule has 0 atom stereocenters. The highest BCUT2D eigenvalue weighted by Gasteiger charge is 2.13. The summed E-state index contributed by atoms with van der Waals surface area (Å²) in [7, 11) is 1.58. The number of nitrogens with zero attached hydrogens (tertiary/aromatic N) is 4. The van der Waals surface area contributed by atoms with Gasteiger partial charge in [0.1, 0.15) is 17.6 Å². The average molecular weight is 312 g/mol. The molecule has 0 saturated heterocycles. The molecule has 0 aliphatic carbocycles. The van der Waals surface area contributed by atoms with Crippen LogP contribution in [0.4, 0.5) is 0 Å². The highest BCUT2D eigenvalue weighted by Crippen LogP contribution is 2.09. The minimum absolute atomic E-state index is 0.140. The Morgan fingerprint density at radius 3 is 2.87 bits per heavy atom. The van der Waals surface area contributed by atoms with Gasteiger partial charge in [0.15, 0.2) is 0 Å². The summed E-state index contributed by atoms with van der Waals surface area (Å²) in [6, 6.07) is 7.10. The molecule has 0 spiro atoms. The second-order valence-corrected chi connectivity index (χ2v) is 4.47. The van der Waals surface area contributed by atoms with Crippen molar-refractivity contribution in [2.75, 3.05) is 7.11 Å². The maximum atomic E-state index is 12.1. The second kappa shape index (κ2) is 6.10. The van der Waals surface area contributed by atoms with E-state index in [1.807, 2.05) is 0 Å². The quantitative estimate of drug-likeness (QED) is 0.527. The lowest BCUT2D eigenvalue weighted by molar-refractivity contribution is 0.0953. The first-order valence-electron chi connectivity index (χ1n) is 6.57. The topological polar surface area (TPSA) is 114 Å². The van der Waals surface area contributed by atoms with Crippen molar-refractivity contribution in [3.8, 4) is 5.75 Å². The number of benzene rings is 1. The summed E-state index contributed by atoms with van der Waals surface area (Å²) in [6.07, 6.45) is 3.93. The Labute approximate surface area is 129 Å². The number of methoxy groups -OCH3 is 1. The van der Waals surface area contributed by atoms with E-state index in [9.17, 15) is 9.59 Å². The predicted molar refractivity (Wildman–Crippen MR) is 81.7 cm³/mol. The molecule has 1 amide bonds. The number of ether oxygens (including phenoxy) is 1. The Morgan fingerprint density at radius 1 is 1.35 bits per heavy atom. The third-order valence-electron chi connectivity index (χ3n) is 3.05. The fourth-order valence-corrected chi connectivity index (χ4v) is 1.87. The van der Waals surface area contributed by atoms with E-state index in [0.717, 1.165) is 22.0 Å². The number of hydrogen-bond donors (Lipinski definition) is 2. The van der Waals surface area contributed by atoms with E-state index in [-0.39, 0.29) is 11.3 Å². The van der Waals surface area contributed by atoms with Gasteiger partial charge in [-0.2, -0.15) is 9.62 Å². The van der Waals surface area contributed by atoms with Crippen LogP contribution in [0.2, 0.25) is 0 Å². The zero-order valence-corrected chi connectivity index (χ0v) is 12.1. The molecule has 0 fully saturated rings. The number of rotatable bonds is 4. The van der Waals surface area contributed by atoms with Gasteiger partial charge in [-0.15, -0.1) is 0 Å². The van der Waals surface area contributed by atoms with Crippen LogP contribution in [-0.2, 0) is 0 Å². The summed E-state index contributed by atoms with van der Waals surface area (Å²) in [6.45, 7) is 0. The summed E-state index contributed by atoms with van der Waals surface area (Å²) in [5.41, 5.74) is 2.36. The maximum Gasteiger partial charge on any atom is 0.286 e. The van der Waals surface area contributed by atoms with Gasteiger partial charge >= 0.3 is 0 Å². The first kappa shape index (κ1) is 14.4. The van der Waals surface area contributed by atoms with E-state index in [2.05, 4.69) is 25.6 Å². The molecule has 0 aliphatic heterocycles. The third kappa shape index (κ3) is 2.93. The van der Waals surface area contributed by atoms with Gasteiger partial charge in [-0.25, -0.2) is 15.4 Å². The minimum Gasteiger partial charge on any atom is -0.497 e. The second-order valence-electron chi connectivity index (χ2n) is 4.47. The fraction of sp³-hybridized carbons (Fsp3) is 0.0714. The van der Waals surface area contributed by atoms with Gasteiger partial charge in [-0.3, -0.25) is 14.7 Å². The number of hydrazone groups is 1. The number of aromatic nitrogens is 4. The molecule has 2 aromatic heterocycles. The molecular weight excluding hydrogens is 300 g/mol. The molecule has 23 heavy (non-hydrogen) atoms. The Balaban J connectivity index is 1.73. The fourth-order valence-electron chi connectivity index (χ4n) is 1.87. The van der Waals surface area contributed by atoms with Crippen LogP contribution in [0.25, 0.3) is 5.78 Å². The summed E-state index contributed by atoms with van der Waals surface area (Å²) in [4.78, 5) is 31.8. The number of hydrogen-bond acceptors (Lipinski definition) is 6. The standard InChI is InChI=1S/C14H12N6O3/c1-23-10-4-2-9(3-5-10)6-17-19-12(21)11-7-15-14-16-8-18-20(14)13(11)22/h2-8H,1H3,(H,19,21)(H,15,16,18)/b17-6+. The van der Waals surface area contributed by atoms with E-state index in [1.165, 1.54) is 12.5 Å². The zero-order chi connectivity index (χ0) is 16.2. The molecule has 3 rings (SSSR count). The van der Waals surface area contributed by atoms with Crippen LogP contribution in [0.5, 0.6) is 5.75 Å². The van der Waals surface area contributed by atoms with Crippen molar-refractivity contribution in [2.45, 2.75) is 0 Å². The summed E-state index contributed by atoms with van der Waals surface area (Å²) in [5.74, 6) is 0.252. The van der Waals surface area contributed by atoms with Crippen LogP contribution in [0, 0.1) is 0 Å². The molecule has 1 aromatic carbocycles. The van der Waals surface area contributed by atoms with Crippen LogP contribution >= 0.6 is 0 Å². The van der Waals surface area contributed by atoms with Gasteiger partial charge in [-0.05, 0) is 29.8 Å². The number of fused-ring (bicyclic) bond motifs is 1. The van der Waals surface area contributed by atoms with Crippen LogP contribution in [-0.4, -0.2) is 38.8 Å². The number of aromatic amines is 1. The molecule has 0 unspecified atom stereocenters. The Morgan fingerprint density at radius 2 is 2.13 bits per heavy atom. The predicted octanol–water partition coefficient (Wildman–Crippen LogP) is 0.190. The smallest absolute Gasteiger partial charge is 0.286 e. The van der Waals surface area contributed by atoms with Crippen LogP contribution in [0.3, 0.4) is 0 Å². The summed E-state index contributed by atoms with van der Waals surface area (Å²) in [5, 5.41) is 6.39. The summed E-state index contributed by atoms with van der Waals surface area (Å²) >= 11 is 0. The van der Waals surface area contributed by atoms with Crippen LogP contribution in [0.1, 0.15) is 15.9 Å². The van der Waals surface area contributed by atoms with Crippen molar-refractivity contribution in [2.24, 2.45) is 5.10 Å². The van der Waals surface area contributed by atoms with Crippen molar-refractivity contribution in [1.82, 2.24) is 25.0 Å². The number of amides is 1. The molecule has 9 heteroatoms. The molecule has 0 bridgehead atoms. The van der Waals surface area contributed by atoms with Gasteiger partial charge in [-0.1, -0.05) is 0 Å². The van der Waals surface area contributed by atoms with Crippen molar-refractivity contribution in [3.05, 3.63) is 58.3 Å². The number of carbonyl (C=O) groups is 1. The van der Waals surface area contributed by atoms with Crippen molar-refractivity contribution in [3.63, 3.8) is 0 Å². The van der Waals surface area contributed by atoms with Gasteiger partial charge in [0.2, 0.25) is 0 Å². The highest BCUT2D eigenvalue weighted by molar-refractivity contribution is 5.94. The highest BCUT2D eigenvalue weighted by atomic mass is 16.5. The molecule has 116 valence electrons. The minimum atomic E-state index is -0.656. The lowest BCUT2D eigenvalue weighted by atomic mass is 10.2. The molecule has 0 radical (unpaired) electrons. The first-order chi connectivity index (χ1) is 11.2. The van der Waals surface area contributed by atoms with Gasteiger partial charge in [0, 0.05) is 6.20 Å². The lowest BCUT2D eigenvalue weighted by Crippen LogP contribution is -2.29. The molecular formula is C14H12N6O3. The Bertz CT molecular complexity index is 926. The maximum absolute atomic E-state index is 12.1. The molecule has 2 heterocycles. The number of carbonyl (C=O) groups excluding carboxylic acids is 1. The van der Waals surface area contributed by atoms with Gasteiger partial charge in [0.05, 0.1) is 13.3 Å². The SMILES string of the molecule is COc1ccc(/C=N/NC(=O)c2cnc3nc[nH]n3c2=O)cc1. The average Bonchev–Trinajstić information content (AvgIpc) is 3.05. The van der Waals surface area contributed by atoms with Gasteiger partial charge in [0.25, 0.3) is 17.2 Å². The van der Waals surface area contributed by atoms with Crippen LogP contribution < -0.4 is 15.7 Å². The normalized spacial score (nSPS) is 11.0.